The predicted octanol–water partition coefficient (Wildman–Crippen LogP) is 2.31. The van der Waals surface area contributed by atoms with E-state index in [0.717, 1.165) is 31.5 Å². The van der Waals surface area contributed by atoms with E-state index in [4.69, 9.17) is 11.6 Å². The van der Waals surface area contributed by atoms with Crippen molar-refractivity contribution < 1.29 is 5.11 Å². The molecule has 1 aliphatic rings. The van der Waals surface area contributed by atoms with E-state index in [1.165, 1.54) is 0 Å². The van der Waals surface area contributed by atoms with E-state index in [9.17, 15) is 5.11 Å². The summed E-state index contributed by atoms with van der Waals surface area (Å²) in [4.78, 5) is 3.92. The summed E-state index contributed by atoms with van der Waals surface area (Å²) in [5.41, 5.74) is 0.997. The first-order valence-corrected chi connectivity index (χ1v) is 5.65. The standard InChI is InChI=1S/C11H15ClN2O/c12-11-6-9(3-4-13-11)14-7-8-1-2-10(15)5-8/h3-4,6,8,10,15H,1-2,5,7H2,(H,13,14). The SMILES string of the molecule is OC1CCC(CNc2ccnc(Cl)c2)C1. The molecule has 15 heavy (non-hydrogen) atoms. The largest absolute Gasteiger partial charge is 0.393 e. The number of hydrogen-bond donors (Lipinski definition) is 2. The van der Waals surface area contributed by atoms with Crippen molar-refractivity contribution in [2.24, 2.45) is 5.92 Å². The summed E-state index contributed by atoms with van der Waals surface area (Å²) >= 11 is 5.77. The molecule has 1 saturated carbocycles. The number of anilines is 1. The van der Waals surface area contributed by atoms with Crippen molar-refractivity contribution in [3.8, 4) is 0 Å². The van der Waals surface area contributed by atoms with Crippen LogP contribution in [0.4, 0.5) is 5.69 Å². The first-order chi connectivity index (χ1) is 7.24. The lowest BCUT2D eigenvalue weighted by atomic mass is 10.1. The third-order valence-corrected chi connectivity index (χ3v) is 3.04. The predicted molar refractivity (Wildman–Crippen MR) is 61.1 cm³/mol. The highest BCUT2D eigenvalue weighted by Crippen LogP contribution is 2.25. The van der Waals surface area contributed by atoms with E-state index in [2.05, 4.69) is 10.3 Å². The van der Waals surface area contributed by atoms with Gasteiger partial charge in [-0.3, -0.25) is 0 Å². The highest BCUT2D eigenvalue weighted by molar-refractivity contribution is 6.29. The summed E-state index contributed by atoms with van der Waals surface area (Å²) in [6.07, 6.45) is 4.54. The van der Waals surface area contributed by atoms with Gasteiger partial charge in [-0.2, -0.15) is 0 Å². The maximum absolute atomic E-state index is 9.38. The van der Waals surface area contributed by atoms with Crippen LogP contribution in [0.5, 0.6) is 0 Å². The molecule has 4 heteroatoms. The van der Waals surface area contributed by atoms with Gasteiger partial charge < -0.3 is 10.4 Å². The van der Waals surface area contributed by atoms with Crippen LogP contribution >= 0.6 is 11.6 Å². The molecule has 1 heterocycles. The van der Waals surface area contributed by atoms with Crippen molar-refractivity contribution in [1.29, 1.82) is 0 Å². The van der Waals surface area contributed by atoms with Crippen LogP contribution in [0.3, 0.4) is 0 Å². The molecule has 0 amide bonds. The molecule has 3 nitrogen and oxygen atoms in total. The van der Waals surface area contributed by atoms with E-state index < -0.39 is 0 Å². The Balaban J connectivity index is 1.83. The molecule has 2 rings (SSSR count). The second-order valence-corrected chi connectivity index (χ2v) is 4.47. The maximum Gasteiger partial charge on any atom is 0.131 e. The molecule has 1 fully saturated rings. The molecular weight excluding hydrogens is 212 g/mol. The van der Waals surface area contributed by atoms with E-state index >= 15 is 0 Å². The van der Waals surface area contributed by atoms with Crippen LogP contribution in [0.25, 0.3) is 0 Å². The summed E-state index contributed by atoms with van der Waals surface area (Å²) < 4.78 is 0. The van der Waals surface area contributed by atoms with Gasteiger partial charge in [0.2, 0.25) is 0 Å². The van der Waals surface area contributed by atoms with Gasteiger partial charge >= 0.3 is 0 Å². The maximum atomic E-state index is 9.38. The molecule has 2 atom stereocenters. The van der Waals surface area contributed by atoms with Crippen molar-refractivity contribution in [2.75, 3.05) is 11.9 Å². The number of nitrogens with zero attached hydrogens (tertiary/aromatic N) is 1. The number of nitrogens with one attached hydrogen (secondary N) is 1. The fraction of sp³-hybridized carbons (Fsp3) is 0.545. The highest BCUT2D eigenvalue weighted by Gasteiger charge is 2.22. The summed E-state index contributed by atoms with van der Waals surface area (Å²) in [7, 11) is 0. The molecule has 1 aromatic heterocycles. The molecule has 2 N–H and O–H groups in total. The Morgan fingerprint density at radius 1 is 1.53 bits per heavy atom. The second kappa shape index (κ2) is 4.81. The van der Waals surface area contributed by atoms with Crippen molar-refractivity contribution in [2.45, 2.75) is 25.4 Å². The van der Waals surface area contributed by atoms with Crippen LogP contribution in [-0.2, 0) is 0 Å². The third kappa shape index (κ3) is 3.08. The van der Waals surface area contributed by atoms with Gasteiger partial charge in [0.1, 0.15) is 5.15 Å². The minimum Gasteiger partial charge on any atom is -0.393 e. The number of aliphatic hydroxyl groups excluding tert-OH is 1. The van der Waals surface area contributed by atoms with Gasteiger partial charge in [0.05, 0.1) is 6.10 Å². The summed E-state index contributed by atoms with van der Waals surface area (Å²) in [5, 5.41) is 13.2. The number of aliphatic hydroxyl groups is 1. The van der Waals surface area contributed by atoms with Gasteiger partial charge in [-0.1, -0.05) is 11.6 Å². The van der Waals surface area contributed by atoms with Gasteiger partial charge in [0, 0.05) is 18.4 Å². The lowest BCUT2D eigenvalue weighted by Gasteiger charge is -2.11. The summed E-state index contributed by atoms with van der Waals surface area (Å²) in [6, 6.07) is 3.71. The Bertz CT molecular complexity index is 332. The van der Waals surface area contributed by atoms with Gasteiger partial charge in [-0.15, -0.1) is 0 Å². The molecule has 1 aromatic rings. The van der Waals surface area contributed by atoms with Crippen LogP contribution in [0.15, 0.2) is 18.3 Å². The molecular formula is C11H15ClN2O. The van der Waals surface area contributed by atoms with Crippen molar-refractivity contribution in [1.82, 2.24) is 4.98 Å². The zero-order chi connectivity index (χ0) is 10.7. The summed E-state index contributed by atoms with van der Waals surface area (Å²) in [6.45, 7) is 0.900. The molecule has 0 radical (unpaired) electrons. The zero-order valence-electron chi connectivity index (χ0n) is 8.49. The van der Waals surface area contributed by atoms with Crippen LogP contribution in [0.2, 0.25) is 5.15 Å². The molecule has 2 unspecified atom stereocenters. The minimum absolute atomic E-state index is 0.0992. The average molecular weight is 227 g/mol. The average Bonchev–Trinajstić information content (AvgIpc) is 2.62. The molecule has 1 aliphatic carbocycles. The van der Waals surface area contributed by atoms with E-state index in [0.29, 0.717) is 11.1 Å². The first kappa shape index (κ1) is 10.7. The molecule has 0 bridgehead atoms. The quantitative estimate of drug-likeness (QED) is 0.778. The first-order valence-electron chi connectivity index (χ1n) is 5.27. The van der Waals surface area contributed by atoms with Gasteiger partial charge in [0.15, 0.2) is 0 Å². The lowest BCUT2D eigenvalue weighted by Crippen LogP contribution is -2.12. The third-order valence-electron chi connectivity index (χ3n) is 2.83. The minimum atomic E-state index is -0.0992. The molecule has 0 aromatic carbocycles. The molecule has 82 valence electrons. The molecule has 0 saturated heterocycles. The second-order valence-electron chi connectivity index (χ2n) is 4.08. The van der Waals surface area contributed by atoms with Crippen molar-refractivity contribution in [3.63, 3.8) is 0 Å². The van der Waals surface area contributed by atoms with Crippen LogP contribution < -0.4 is 5.32 Å². The van der Waals surface area contributed by atoms with Crippen LogP contribution in [0.1, 0.15) is 19.3 Å². The van der Waals surface area contributed by atoms with Gasteiger partial charge in [-0.05, 0) is 37.3 Å². The molecule has 0 aliphatic heterocycles. The zero-order valence-corrected chi connectivity index (χ0v) is 9.24. The lowest BCUT2D eigenvalue weighted by molar-refractivity contribution is 0.178. The Labute approximate surface area is 94.5 Å². The van der Waals surface area contributed by atoms with E-state index in [1.807, 2.05) is 12.1 Å². The smallest absolute Gasteiger partial charge is 0.131 e. The summed E-state index contributed by atoms with van der Waals surface area (Å²) in [5.74, 6) is 0.576. The number of hydrogen-bond acceptors (Lipinski definition) is 3. The van der Waals surface area contributed by atoms with E-state index in [-0.39, 0.29) is 6.10 Å². The number of halogens is 1. The normalized spacial score (nSPS) is 25.5. The number of rotatable bonds is 3. The monoisotopic (exact) mass is 226 g/mol. The van der Waals surface area contributed by atoms with Crippen LogP contribution in [-0.4, -0.2) is 22.7 Å². The highest BCUT2D eigenvalue weighted by atomic mass is 35.5. The van der Waals surface area contributed by atoms with Gasteiger partial charge in [0.25, 0.3) is 0 Å². The number of pyridine rings is 1. The number of aromatic nitrogens is 1. The van der Waals surface area contributed by atoms with Crippen molar-refractivity contribution in [3.05, 3.63) is 23.5 Å². The van der Waals surface area contributed by atoms with Crippen LogP contribution in [0, 0.1) is 5.92 Å². The Morgan fingerprint density at radius 2 is 2.40 bits per heavy atom. The molecule has 0 spiro atoms. The van der Waals surface area contributed by atoms with Crippen molar-refractivity contribution >= 4 is 17.3 Å². The Morgan fingerprint density at radius 3 is 3.07 bits per heavy atom. The fourth-order valence-corrected chi connectivity index (χ4v) is 2.18. The topological polar surface area (TPSA) is 45.1 Å². The Hall–Kier alpha value is -0.800. The van der Waals surface area contributed by atoms with E-state index in [1.54, 1.807) is 6.20 Å². The fourth-order valence-electron chi connectivity index (χ4n) is 2.01. The van der Waals surface area contributed by atoms with Gasteiger partial charge in [-0.25, -0.2) is 4.98 Å². The Kier molecular flexibility index (Phi) is 3.44.